The summed E-state index contributed by atoms with van der Waals surface area (Å²) >= 11 is 0. The van der Waals surface area contributed by atoms with Crippen molar-refractivity contribution in [2.45, 2.75) is 44.8 Å². The Morgan fingerprint density at radius 3 is 2.42 bits per heavy atom. The zero-order chi connectivity index (χ0) is 16.8. The Labute approximate surface area is 141 Å². The molecule has 6 heteroatoms. The van der Waals surface area contributed by atoms with Gasteiger partial charge in [-0.25, -0.2) is 9.69 Å². The van der Waals surface area contributed by atoms with Gasteiger partial charge in [-0.05, 0) is 31.7 Å². The fraction of sp³-hybridized carbons (Fsp3) is 0.500. The number of carbonyl (C=O) groups excluding carboxylic acids is 3. The van der Waals surface area contributed by atoms with Gasteiger partial charge < -0.3 is 9.80 Å². The van der Waals surface area contributed by atoms with Crippen LogP contribution in [0.15, 0.2) is 24.3 Å². The van der Waals surface area contributed by atoms with Crippen molar-refractivity contribution in [3.63, 3.8) is 0 Å². The summed E-state index contributed by atoms with van der Waals surface area (Å²) < 4.78 is 0. The smallest absolute Gasteiger partial charge is 0.328 e. The van der Waals surface area contributed by atoms with Gasteiger partial charge in [-0.2, -0.15) is 0 Å². The first kappa shape index (κ1) is 15.2. The van der Waals surface area contributed by atoms with E-state index in [2.05, 4.69) is 0 Å². The van der Waals surface area contributed by atoms with E-state index in [1.54, 1.807) is 9.80 Å². The molecule has 0 spiro atoms. The molecule has 0 N–H and O–H groups in total. The summed E-state index contributed by atoms with van der Waals surface area (Å²) in [7, 11) is 0. The molecule has 0 bridgehead atoms. The van der Waals surface area contributed by atoms with Crippen molar-refractivity contribution in [3.05, 3.63) is 35.4 Å². The van der Waals surface area contributed by atoms with Crippen LogP contribution >= 0.6 is 0 Å². The highest BCUT2D eigenvalue weighted by molar-refractivity contribution is 6.08. The second-order valence-electron chi connectivity index (χ2n) is 6.89. The number of carbonyl (C=O) groups is 3. The monoisotopic (exact) mass is 327 g/mol. The van der Waals surface area contributed by atoms with E-state index in [9.17, 15) is 14.4 Å². The molecule has 126 valence electrons. The molecule has 1 aromatic carbocycles. The van der Waals surface area contributed by atoms with Crippen LogP contribution in [0.3, 0.4) is 0 Å². The van der Waals surface area contributed by atoms with E-state index in [0.717, 1.165) is 18.4 Å². The van der Waals surface area contributed by atoms with Gasteiger partial charge in [0, 0.05) is 19.6 Å². The standard InChI is InChI=1S/C18H21N3O3/c1-12-4-6-13(7-5-12)11-19-10-8-15(16(19)22)21-17(23)14-3-2-9-20(14)18(21)24/h4-7,14-15H,2-3,8-11H2,1H3/t14-,15-/m0/s1. The van der Waals surface area contributed by atoms with E-state index in [4.69, 9.17) is 0 Å². The van der Waals surface area contributed by atoms with E-state index >= 15 is 0 Å². The van der Waals surface area contributed by atoms with Crippen molar-refractivity contribution in [2.24, 2.45) is 0 Å². The summed E-state index contributed by atoms with van der Waals surface area (Å²) in [6.45, 7) is 3.76. The Kier molecular flexibility index (Phi) is 3.55. The lowest BCUT2D eigenvalue weighted by atomic mass is 10.1. The van der Waals surface area contributed by atoms with Crippen LogP contribution < -0.4 is 0 Å². The highest BCUT2D eigenvalue weighted by Crippen LogP contribution is 2.31. The molecule has 24 heavy (non-hydrogen) atoms. The lowest BCUT2D eigenvalue weighted by molar-refractivity contribution is -0.138. The molecule has 3 saturated heterocycles. The second-order valence-corrected chi connectivity index (χ2v) is 6.89. The number of fused-ring (bicyclic) bond motifs is 1. The molecule has 0 aliphatic carbocycles. The Morgan fingerprint density at radius 1 is 0.958 bits per heavy atom. The number of hydrogen-bond acceptors (Lipinski definition) is 3. The SMILES string of the molecule is Cc1ccc(CN2CC[C@H](N3C(=O)[C@@H]4CCCN4C3=O)C2=O)cc1. The number of urea groups is 1. The number of amides is 4. The molecule has 3 heterocycles. The van der Waals surface area contributed by atoms with Crippen LogP contribution in [0.25, 0.3) is 0 Å². The molecule has 6 nitrogen and oxygen atoms in total. The summed E-state index contributed by atoms with van der Waals surface area (Å²) in [6, 6.07) is 6.83. The van der Waals surface area contributed by atoms with Gasteiger partial charge in [0.15, 0.2) is 0 Å². The Bertz CT molecular complexity index is 678. The lowest BCUT2D eigenvalue weighted by Gasteiger charge is -2.22. The topological polar surface area (TPSA) is 60.9 Å². The minimum atomic E-state index is -0.624. The van der Waals surface area contributed by atoms with Gasteiger partial charge >= 0.3 is 6.03 Å². The molecule has 0 saturated carbocycles. The molecule has 4 rings (SSSR count). The maximum Gasteiger partial charge on any atom is 0.328 e. The Morgan fingerprint density at radius 2 is 1.71 bits per heavy atom. The molecule has 1 aromatic rings. The first-order valence-corrected chi connectivity index (χ1v) is 8.54. The largest absolute Gasteiger partial charge is 0.336 e. The van der Waals surface area contributed by atoms with Crippen molar-refractivity contribution < 1.29 is 14.4 Å². The molecule has 3 aliphatic heterocycles. The van der Waals surface area contributed by atoms with Crippen molar-refractivity contribution >= 4 is 17.8 Å². The molecule has 0 unspecified atom stereocenters. The average Bonchev–Trinajstić information content (AvgIpc) is 3.23. The fourth-order valence-corrected chi connectivity index (χ4v) is 3.97. The third-order valence-electron chi connectivity index (χ3n) is 5.30. The van der Waals surface area contributed by atoms with E-state index < -0.39 is 6.04 Å². The summed E-state index contributed by atoms with van der Waals surface area (Å²) in [5.41, 5.74) is 2.24. The van der Waals surface area contributed by atoms with Gasteiger partial charge in [-0.3, -0.25) is 9.59 Å². The maximum atomic E-state index is 12.7. The van der Waals surface area contributed by atoms with Crippen molar-refractivity contribution in [1.29, 1.82) is 0 Å². The van der Waals surface area contributed by atoms with Gasteiger partial charge in [-0.15, -0.1) is 0 Å². The molecule has 2 atom stereocenters. The predicted molar refractivity (Wildman–Crippen MR) is 87.0 cm³/mol. The molecule has 0 radical (unpaired) electrons. The Hall–Kier alpha value is -2.37. The van der Waals surface area contributed by atoms with Crippen LogP contribution in [-0.2, 0) is 16.1 Å². The molecular formula is C18H21N3O3. The summed E-state index contributed by atoms with van der Waals surface area (Å²) in [6.07, 6.45) is 2.12. The van der Waals surface area contributed by atoms with Crippen LogP contribution in [0.5, 0.6) is 0 Å². The van der Waals surface area contributed by atoms with Crippen LogP contribution in [-0.4, -0.2) is 57.7 Å². The normalized spacial score (nSPS) is 26.7. The van der Waals surface area contributed by atoms with Crippen molar-refractivity contribution in [2.75, 3.05) is 13.1 Å². The first-order valence-electron chi connectivity index (χ1n) is 8.54. The van der Waals surface area contributed by atoms with Crippen molar-refractivity contribution in [3.8, 4) is 0 Å². The van der Waals surface area contributed by atoms with E-state index in [0.29, 0.717) is 26.1 Å². The number of imide groups is 1. The average molecular weight is 327 g/mol. The van der Waals surface area contributed by atoms with Gasteiger partial charge in [-0.1, -0.05) is 29.8 Å². The summed E-state index contributed by atoms with van der Waals surface area (Å²) in [4.78, 5) is 42.3. The minimum absolute atomic E-state index is 0.113. The maximum absolute atomic E-state index is 12.7. The molecule has 0 aromatic heterocycles. The van der Waals surface area contributed by atoms with Gasteiger partial charge in [0.1, 0.15) is 12.1 Å². The summed E-state index contributed by atoms with van der Waals surface area (Å²) in [5.74, 6) is -0.300. The van der Waals surface area contributed by atoms with Gasteiger partial charge in [0.2, 0.25) is 5.91 Å². The van der Waals surface area contributed by atoms with E-state index in [1.165, 1.54) is 10.5 Å². The Balaban J connectivity index is 1.48. The number of rotatable bonds is 3. The summed E-state index contributed by atoms with van der Waals surface area (Å²) in [5, 5.41) is 0. The van der Waals surface area contributed by atoms with Crippen molar-refractivity contribution in [1.82, 2.24) is 14.7 Å². The quantitative estimate of drug-likeness (QED) is 0.791. The van der Waals surface area contributed by atoms with Crippen LogP contribution in [0.1, 0.15) is 30.4 Å². The number of likely N-dealkylation sites (tertiary alicyclic amines) is 1. The highest BCUT2D eigenvalue weighted by atomic mass is 16.2. The zero-order valence-electron chi connectivity index (χ0n) is 13.8. The highest BCUT2D eigenvalue weighted by Gasteiger charge is 2.53. The number of aryl methyl sites for hydroxylation is 1. The zero-order valence-corrected chi connectivity index (χ0v) is 13.8. The predicted octanol–water partition coefficient (Wildman–Crippen LogP) is 1.52. The van der Waals surface area contributed by atoms with Gasteiger partial charge in [0.25, 0.3) is 5.91 Å². The van der Waals surface area contributed by atoms with Crippen LogP contribution in [0, 0.1) is 6.92 Å². The van der Waals surface area contributed by atoms with Crippen LogP contribution in [0.2, 0.25) is 0 Å². The number of hydrogen-bond donors (Lipinski definition) is 0. The molecule has 3 fully saturated rings. The third-order valence-corrected chi connectivity index (χ3v) is 5.30. The minimum Gasteiger partial charge on any atom is -0.336 e. The second kappa shape index (κ2) is 5.61. The van der Waals surface area contributed by atoms with Crippen LogP contribution in [0.4, 0.5) is 4.79 Å². The third kappa shape index (κ3) is 2.28. The lowest BCUT2D eigenvalue weighted by Crippen LogP contribution is -2.46. The molecular weight excluding hydrogens is 306 g/mol. The van der Waals surface area contributed by atoms with E-state index in [1.807, 2.05) is 31.2 Å². The molecule has 3 aliphatic rings. The fourth-order valence-electron chi connectivity index (χ4n) is 3.97. The number of benzene rings is 1. The number of nitrogens with zero attached hydrogens (tertiary/aromatic N) is 3. The van der Waals surface area contributed by atoms with Gasteiger partial charge in [0.05, 0.1) is 0 Å². The van der Waals surface area contributed by atoms with E-state index in [-0.39, 0.29) is 23.9 Å². The first-order chi connectivity index (χ1) is 11.6. The molecule has 4 amide bonds.